The minimum atomic E-state index is -3.40. The third-order valence-electron chi connectivity index (χ3n) is 3.78. The lowest BCUT2D eigenvalue weighted by atomic mass is 10.1. The maximum atomic E-state index is 12.5. The number of aryl methyl sites for hydroxylation is 1. The predicted octanol–water partition coefficient (Wildman–Crippen LogP) is 2.44. The maximum absolute atomic E-state index is 12.5. The van der Waals surface area contributed by atoms with Crippen LogP contribution in [0, 0.1) is 5.92 Å². The lowest BCUT2D eigenvalue weighted by Gasteiger charge is -2.14. The molecular formula is C16H26N2O2S. The highest BCUT2D eigenvalue weighted by Crippen LogP contribution is 2.28. The fourth-order valence-electron chi connectivity index (χ4n) is 2.20. The molecule has 2 N–H and O–H groups in total. The largest absolute Gasteiger partial charge is 0.310 e. The van der Waals surface area contributed by atoms with Gasteiger partial charge in [0, 0.05) is 19.1 Å². The second-order valence-corrected chi connectivity index (χ2v) is 7.86. The molecule has 0 aliphatic heterocycles. The van der Waals surface area contributed by atoms with Crippen molar-refractivity contribution < 1.29 is 8.42 Å². The Bertz CT molecular complexity index is 578. The van der Waals surface area contributed by atoms with Crippen LogP contribution in [0.2, 0.25) is 0 Å². The zero-order valence-corrected chi connectivity index (χ0v) is 14.0. The van der Waals surface area contributed by atoms with Gasteiger partial charge in [-0.1, -0.05) is 32.9 Å². The minimum Gasteiger partial charge on any atom is -0.310 e. The summed E-state index contributed by atoms with van der Waals surface area (Å²) in [5.74, 6) is 0.538. The monoisotopic (exact) mass is 310 g/mol. The number of rotatable bonds is 8. The summed E-state index contributed by atoms with van der Waals surface area (Å²) in [6, 6.07) is 6.13. The van der Waals surface area contributed by atoms with Crippen LogP contribution >= 0.6 is 0 Å². The predicted molar refractivity (Wildman–Crippen MR) is 85.7 cm³/mol. The van der Waals surface area contributed by atoms with E-state index in [2.05, 4.69) is 23.9 Å². The zero-order valence-electron chi connectivity index (χ0n) is 13.1. The van der Waals surface area contributed by atoms with Gasteiger partial charge in [0.15, 0.2) is 0 Å². The van der Waals surface area contributed by atoms with E-state index in [1.54, 1.807) is 0 Å². The van der Waals surface area contributed by atoms with Gasteiger partial charge >= 0.3 is 0 Å². The quantitative estimate of drug-likeness (QED) is 0.775. The molecule has 1 aliphatic rings. The second-order valence-electron chi connectivity index (χ2n) is 6.13. The van der Waals surface area contributed by atoms with E-state index >= 15 is 0 Å². The summed E-state index contributed by atoms with van der Waals surface area (Å²) in [6.07, 6.45) is 3.00. The van der Waals surface area contributed by atoms with Crippen LogP contribution < -0.4 is 10.0 Å². The van der Waals surface area contributed by atoms with Crippen LogP contribution in [0.4, 0.5) is 0 Å². The molecular weight excluding hydrogens is 284 g/mol. The Hall–Kier alpha value is -0.910. The first kappa shape index (κ1) is 16.5. The Morgan fingerprint density at radius 1 is 1.29 bits per heavy atom. The summed E-state index contributed by atoms with van der Waals surface area (Å²) in [5, 5.41) is 3.32. The van der Waals surface area contributed by atoms with Crippen molar-refractivity contribution in [3.8, 4) is 0 Å². The van der Waals surface area contributed by atoms with E-state index < -0.39 is 10.0 Å². The molecule has 1 saturated carbocycles. The molecule has 4 nitrogen and oxygen atoms in total. The van der Waals surface area contributed by atoms with Crippen LogP contribution in [0.25, 0.3) is 0 Å². The normalized spacial score (nSPS) is 15.6. The SMILES string of the molecule is CCc1ccc(CNC(C)C)cc1S(=O)(=O)NCC1CC1. The molecule has 21 heavy (non-hydrogen) atoms. The van der Waals surface area contributed by atoms with Gasteiger partial charge < -0.3 is 5.32 Å². The standard InChI is InChI=1S/C16H26N2O2S/c1-4-15-8-7-14(10-17-12(2)3)9-16(15)21(19,20)18-11-13-5-6-13/h7-9,12-13,17-18H,4-6,10-11H2,1-3H3. The maximum Gasteiger partial charge on any atom is 0.240 e. The minimum absolute atomic E-state index is 0.379. The summed E-state index contributed by atoms with van der Waals surface area (Å²) in [7, 11) is -3.40. The Kier molecular flexibility index (Phi) is 5.41. The van der Waals surface area contributed by atoms with Gasteiger partial charge in [-0.05, 0) is 42.4 Å². The Labute approximate surface area is 128 Å². The lowest BCUT2D eigenvalue weighted by Crippen LogP contribution is -2.27. The number of benzene rings is 1. The number of sulfonamides is 1. The van der Waals surface area contributed by atoms with Gasteiger partial charge in [-0.25, -0.2) is 13.1 Å². The smallest absolute Gasteiger partial charge is 0.240 e. The first-order valence-electron chi connectivity index (χ1n) is 7.77. The Morgan fingerprint density at radius 3 is 2.57 bits per heavy atom. The van der Waals surface area contributed by atoms with E-state index in [0.29, 0.717) is 29.9 Å². The van der Waals surface area contributed by atoms with Crippen molar-refractivity contribution in [1.82, 2.24) is 10.0 Å². The van der Waals surface area contributed by atoms with Crippen molar-refractivity contribution in [1.29, 1.82) is 0 Å². The van der Waals surface area contributed by atoms with Gasteiger partial charge in [-0.3, -0.25) is 0 Å². The number of hydrogen-bond donors (Lipinski definition) is 2. The molecule has 118 valence electrons. The topological polar surface area (TPSA) is 58.2 Å². The summed E-state index contributed by atoms with van der Waals surface area (Å²) in [4.78, 5) is 0.439. The second kappa shape index (κ2) is 6.90. The van der Waals surface area contributed by atoms with E-state index in [4.69, 9.17) is 0 Å². The van der Waals surface area contributed by atoms with E-state index in [0.717, 1.165) is 30.4 Å². The van der Waals surface area contributed by atoms with E-state index in [-0.39, 0.29) is 0 Å². The molecule has 0 aromatic heterocycles. The molecule has 2 rings (SSSR count). The molecule has 0 unspecified atom stereocenters. The molecule has 0 amide bonds. The first-order valence-corrected chi connectivity index (χ1v) is 9.25. The highest BCUT2D eigenvalue weighted by atomic mass is 32.2. The fourth-order valence-corrected chi connectivity index (χ4v) is 3.68. The van der Waals surface area contributed by atoms with Gasteiger partial charge in [0.2, 0.25) is 10.0 Å². The summed E-state index contributed by atoms with van der Waals surface area (Å²) in [6.45, 7) is 7.40. The Morgan fingerprint density at radius 2 is 2.00 bits per heavy atom. The molecule has 1 fully saturated rings. The first-order chi connectivity index (χ1) is 9.92. The molecule has 1 aromatic carbocycles. The van der Waals surface area contributed by atoms with Crippen molar-refractivity contribution in [2.75, 3.05) is 6.54 Å². The van der Waals surface area contributed by atoms with Crippen LogP contribution in [0.5, 0.6) is 0 Å². The fraction of sp³-hybridized carbons (Fsp3) is 0.625. The van der Waals surface area contributed by atoms with Crippen molar-refractivity contribution >= 4 is 10.0 Å². The molecule has 5 heteroatoms. The molecule has 0 atom stereocenters. The van der Waals surface area contributed by atoms with Crippen molar-refractivity contribution in [3.63, 3.8) is 0 Å². The highest BCUT2D eigenvalue weighted by Gasteiger charge is 2.25. The Balaban J connectivity index is 2.19. The summed E-state index contributed by atoms with van der Waals surface area (Å²) in [5.41, 5.74) is 1.89. The molecule has 1 aromatic rings. The average Bonchev–Trinajstić information content (AvgIpc) is 3.27. The molecule has 0 heterocycles. The molecule has 0 saturated heterocycles. The van der Waals surface area contributed by atoms with Gasteiger partial charge in [0.05, 0.1) is 4.90 Å². The van der Waals surface area contributed by atoms with Crippen LogP contribution in [-0.4, -0.2) is 21.0 Å². The summed E-state index contributed by atoms with van der Waals surface area (Å²) < 4.78 is 27.8. The van der Waals surface area contributed by atoms with E-state index in [1.807, 2.05) is 25.1 Å². The van der Waals surface area contributed by atoms with Crippen molar-refractivity contribution in [2.24, 2.45) is 5.92 Å². The van der Waals surface area contributed by atoms with Gasteiger partial charge in [0.25, 0.3) is 0 Å². The van der Waals surface area contributed by atoms with Gasteiger partial charge in [-0.2, -0.15) is 0 Å². The lowest BCUT2D eigenvalue weighted by molar-refractivity contribution is 0.574. The number of hydrogen-bond acceptors (Lipinski definition) is 3. The van der Waals surface area contributed by atoms with Crippen molar-refractivity contribution in [2.45, 2.75) is 57.5 Å². The molecule has 1 aliphatic carbocycles. The van der Waals surface area contributed by atoms with E-state index in [1.165, 1.54) is 0 Å². The zero-order chi connectivity index (χ0) is 15.5. The third-order valence-corrected chi connectivity index (χ3v) is 5.28. The number of nitrogens with one attached hydrogen (secondary N) is 2. The average molecular weight is 310 g/mol. The molecule has 0 radical (unpaired) electrons. The highest BCUT2D eigenvalue weighted by molar-refractivity contribution is 7.89. The van der Waals surface area contributed by atoms with Crippen molar-refractivity contribution in [3.05, 3.63) is 29.3 Å². The van der Waals surface area contributed by atoms with Crippen LogP contribution in [0.15, 0.2) is 23.1 Å². The third kappa shape index (κ3) is 4.80. The summed E-state index contributed by atoms with van der Waals surface area (Å²) >= 11 is 0. The molecule has 0 spiro atoms. The van der Waals surface area contributed by atoms with E-state index in [9.17, 15) is 8.42 Å². The van der Waals surface area contributed by atoms with Gasteiger partial charge in [-0.15, -0.1) is 0 Å². The van der Waals surface area contributed by atoms with Crippen LogP contribution in [-0.2, 0) is 23.0 Å². The molecule has 0 bridgehead atoms. The van der Waals surface area contributed by atoms with Crippen LogP contribution in [0.3, 0.4) is 0 Å². The van der Waals surface area contributed by atoms with Crippen LogP contribution in [0.1, 0.15) is 44.7 Å². The van der Waals surface area contributed by atoms with Gasteiger partial charge in [0.1, 0.15) is 0 Å².